The van der Waals surface area contributed by atoms with Crippen LogP contribution in [0.1, 0.15) is 25.3 Å². The van der Waals surface area contributed by atoms with Crippen molar-refractivity contribution in [2.75, 3.05) is 13.1 Å². The summed E-state index contributed by atoms with van der Waals surface area (Å²) in [5, 5.41) is 16.8. The maximum Gasteiger partial charge on any atom is 0.326 e. The van der Waals surface area contributed by atoms with Gasteiger partial charge in [-0.1, -0.05) is 30.3 Å². The standard InChI is InChI=1S/C20H31N7O5/c1-12(21)17(29)25-11-16(28)26-15(10-13-6-3-2-4-7-13)18(30)27-14(19(31)32)8-5-9-24-20(22)23/h2-4,6-7,12,14-15H,5,8-11,21H2,1H3,(H,25,29)(H,26,28)(H,27,30)(H,31,32)(H4,22,23,24). The van der Waals surface area contributed by atoms with Crippen molar-refractivity contribution in [2.45, 2.75) is 44.3 Å². The van der Waals surface area contributed by atoms with Crippen LogP contribution in [0, 0.1) is 0 Å². The minimum absolute atomic E-state index is 0.0916. The number of hydrogen-bond donors (Lipinski definition) is 7. The normalized spacial score (nSPS) is 13.2. The molecule has 12 heteroatoms. The van der Waals surface area contributed by atoms with Crippen molar-refractivity contribution in [2.24, 2.45) is 22.2 Å². The number of nitrogens with zero attached hydrogens (tertiary/aromatic N) is 1. The van der Waals surface area contributed by atoms with Crippen LogP contribution in [0.25, 0.3) is 0 Å². The van der Waals surface area contributed by atoms with Crippen molar-refractivity contribution >= 4 is 29.7 Å². The molecule has 0 saturated carbocycles. The average Bonchev–Trinajstić information content (AvgIpc) is 2.73. The molecule has 0 heterocycles. The van der Waals surface area contributed by atoms with E-state index < -0.39 is 41.8 Å². The van der Waals surface area contributed by atoms with Crippen LogP contribution >= 0.6 is 0 Å². The van der Waals surface area contributed by atoms with Gasteiger partial charge in [0.1, 0.15) is 12.1 Å². The van der Waals surface area contributed by atoms with Gasteiger partial charge in [-0.25, -0.2) is 4.79 Å². The fraction of sp³-hybridized carbons (Fsp3) is 0.450. The Hall–Kier alpha value is -3.67. The fourth-order valence-corrected chi connectivity index (χ4v) is 2.67. The van der Waals surface area contributed by atoms with Crippen molar-refractivity contribution in [3.05, 3.63) is 35.9 Å². The lowest BCUT2D eigenvalue weighted by molar-refractivity contribution is -0.142. The molecule has 3 atom stereocenters. The van der Waals surface area contributed by atoms with E-state index in [1.807, 2.05) is 0 Å². The molecule has 0 saturated heterocycles. The second-order valence-corrected chi connectivity index (χ2v) is 7.16. The molecule has 3 unspecified atom stereocenters. The van der Waals surface area contributed by atoms with E-state index >= 15 is 0 Å². The summed E-state index contributed by atoms with van der Waals surface area (Å²) in [5.41, 5.74) is 16.7. The molecule has 10 N–H and O–H groups in total. The number of carboxylic acid groups (broad SMARTS) is 1. The maximum absolute atomic E-state index is 12.8. The van der Waals surface area contributed by atoms with Crippen LogP contribution in [0.2, 0.25) is 0 Å². The first kappa shape index (κ1) is 26.4. The highest BCUT2D eigenvalue weighted by atomic mass is 16.4. The SMILES string of the molecule is CC(N)C(=O)NCC(=O)NC(Cc1ccccc1)C(=O)NC(CCCN=C(N)N)C(=O)O. The van der Waals surface area contributed by atoms with Gasteiger partial charge in [0.25, 0.3) is 0 Å². The Morgan fingerprint density at radius 3 is 2.25 bits per heavy atom. The first-order chi connectivity index (χ1) is 15.1. The topological polar surface area (TPSA) is 215 Å². The molecular weight excluding hydrogens is 418 g/mol. The van der Waals surface area contributed by atoms with Crippen LogP contribution < -0.4 is 33.2 Å². The Morgan fingerprint density at radius 2 is 1.69 bits per heavy atom. The predicted octanol–water partition coefficient (Wildman–Crippen LogP) is -2.20. The zero-order valence-electron chi connectivity index (χ0n) is 17.9. The number of benzene rings is 1. The van der Waals surface area contributed by atoms with Gasteiger partial charge in [0, 0.05) is 13.0 Å². The molecule has 0 radical (unpaired) electrons. The molecule has 1 aromatic rings. The summed E-state index contributed by atoms with van der Waals surface area (Å²) in [6, 6.07) is 5.86. The van der Waals surface area contributed by atoms with Gasteiger partial charge in [-0.15, -0.1) is 0 Å². The van der Waals surface area contributed by atoms with E-state index in [9.17, 15) is 24.3 Å². The largest absolute Gasteiger partial charge is 0.480 e. The highest BCUT2D eigenvalue weighted by Crippen LogP contribution is 2.06. The van der Waals surface area contributed by atoms with Crippen LogP contribution in [-0.4, -0.2) is 66.0 Å². The van der Waals surface area contributed by atoms with E-state index in [-0.39, 0.29) is 31.9 Å². The van der Waals surface area contributed by atoms with E-state index in [0.717, 1.165) is 5.56 Å². The molecule has 12 nitrogen and oxygen atoms in total. The lowest BCUT2D eigenvalue weighted by Crippen LogP contribution is -2.54. The summed E-state index contributed by atoms with van der Waals surface area (Å²) in [4.78, 5) is 52.0. The molecule has 1 rings (SSSR count). The lowest BCUT2D eigenvalue weighted by Gasteiger charge is -2.22. The summed E-state index contributed by atoms with van der Waals surface area (Å²) in [7, 11) is 0. The van der Waals surface area contributed by atoms with Gasteiger partial charge in [0.2, 0.25) is 17.7 Å². The van der Waals surface area contributed by atoms with Crippen LogP contribution in [0.5, 0.6) is 0 Å². The number of carboxylic acids is 1. The third kappa shape index (κ3) is 10.4. The molecule has 0 spiro atoms. The number of hydrogen-bond acceptors (Lipinski definition) is 6. The number of rotatable bonds is 13. The predicted molar refractivity (Wildman–Crippen MR) is 118 cm³/mol. The molecule has 0 aliphatic heterocycles. The summed E-state index contributed by atoms with van der Waals surface area (Å²) in [5.74, 6) is -3.14. The monoisotopic (exact) mass is 449 g/mol. The second-order valence-electron chi connectivity index (χ2n) is 7.16. The number of amides is 3. The highest BCUT2D eigenvalue weighted by molar-refractivity contribution is 5.92. The molecular formula is C20H31N7O5. The smallest absolute Gasteiger partial charge is 0.326 e. The van der Waals surface area contributed by atoms with Gasteiger partial charge in [-0.05, 0) is 25.3 Å². The lowest BCUT2D eigenvalue weighted by atomic mass is 10.0. The number of nitrogens with one attached hydrogen (secondary N) is 3. The zero-order valence-corrected chi connectivity index (χ0v) is 17.9. The molecule has 0 aliphatic carbocycles. The summed E-state index contributed by atoms with van der Waals surface area (Å²) in [6.45, 7) is 1.31. The summed E-state index contributed by atoms with van der Waals surface area (Å²) >= 11 is 0. The minimum Gasteiger partial charge on any atom is -0.480 e. The molecule has 0 fully saturated rings. The molecule has 0 aromatic heterocycles. The van der Waals surface area contributed by atoms with Gasteiger partial charge in [-0.2, -0.15) is 0 Å². The number of carbonyl (C=O) groups is 4. The van der Waals surface area contributed by atoms with Gasteiger partial charge < -0.3 is 38.3 Å². The van der Waals surface area contributed by atoms with Gasteiger partial charge in [0.05, 0.1) is 12.6 Å². The van der Waals surface area contributed by atoms with E-state index in [2.05, 4.69) is 20.9 Å². The molecule has 3 amide bonds. The molecule has 32 heavy (non-hydrogen) atoms. The number of aliphatic imine (C=N–C) groups is 1. The van der Waals surface area contributed by atoms with Crippen molar-refractivity contribution in [1.82, 2.24) is 16.0 Å². The van der Waals surface area contributed by atoms with Gasteiger partial charge in [0.15, 0.2) is 5.96 Å². The molecule has 176 valence electrons. The summed E-state index contributed by atoms with van der Waals surface area (Å²) < 4.78 is 0. The van der Waals surface area contributed by atoms with Gasteiger partial charge in [-0.3, -0.25) is 19.4 Å². The van der Waals surface area contributed by atoms with Gasteiger partial charge >= 0.3 is 5.97 Å². The van der Waals surface area contributed by atoms with Crippen LogP contribution in [0.15, 0.2) is 35.3 Å². The van der Waals surface area contributed by atoms with E-state index in [4.69, 9.17) is 17.2 Å². The second kappa shape index (κ2) is 13.6. The van der Waals surface area contributed by atoms with Crippen LogP contribution in [0.4, 0.5) is 0 Å². The van der Waals surface area contributed by atoms with Crippen molar-refractivity contribution in [3.63, 3.8) is 0 Å². The van der Waals surface area contributed by atoms with E-state index in [1.165, 1.54) is 6.92 Å². The molecule has 0 bridgehead atoms. The molecule has 1 aromatic carbocycles. The third-order valence-corrected chi connectivity index (χ3v) is 4.33. The zero-order chi connectivity index (χ0) is 24.1. The minimum atomic E-state index is -1.22. The van der Waals surface area contributed by atoms with Crippen LogP contribution in [-0.2, 0) is 25.6 Å². The first-order valence-corrected chi connectivity index (χ1v) is 10.0. The third-order valence-electron chi connectivity index (χ3n) is 4.33. The number of guanidine groups is 1. The Morgan fingerprint density at radius 1 is 1.03 bits per heavy atom. The average molecular weight is 450 g/mol. The maximum atomic E-state index is 12.8. The van der Waals surface area contributed by atoms with E-state index in [0.29, 0.717) is 6.42 Å². The first-order valence-electron chi connectivity index (χ1n) is 10.0. The number of nitrogens with two attached hydrogens (primary N) is 3. The van der Waals surface area contributed by atoms with E-state index in [1.54, 1.807) is 30.3 Å². The Kier molecular flexibility index (Phi) is 11.2. The Balaban J connectivity index is 2.83. The summed E-state index contributed by atoms with van der Waals surface area (Å²) in [6.07, 6.45) is 0.544. The highest BCUT2D eigenvalue weighted by Gasteiger charge is 2.26. The fourth-order valence-electron chi connectivity index (χ4n) is 2.67. The molecule has 0 aliphatic rings. The Bertz CT molecular complexity index is 810. The van der Waals surface area contributed by atoms with Crippen molar-refractivity contribution in [1.29, 1.82) is 0 Å². The number of carbonyl (C=O) groups excluding carboxylic acids is 3. The van der Waals surface area contributed by atoms with Crippen molar-refractivity contribution < 1.29 is 24.3 Å². The van der Waals surface area contributed by atoms with Crippen LogP contribution in [0.3, 0.4) is 0 Å². The van der Waals surface area contributed by atoms with Crippen molar-refractivity contribution in [3.8, 4) is 0 Å². The number of aliphatic carboxylic acids is 1. The quantitative estimate of drug-likeness (QED) is 0.0993. The Labute approximate surface area is 186 Å².